The Bertz CT molecular complexity index is 693. The van der Waals surface area contributed by atoms with E-state index < -0.39 is 31.0 Å². The molecular formula is C12H11Cl3N2O4. The molecule has 1 saturated heterocycles. The van der Waals surface area contributed by atoms with E-state index in [1.807, 2.05) is 0 Å². The first-order valence-corrected chi connectivity index (χ1v) is 7.22. The highest BCUT2D eigenvalue weighted by atomic mass is 35.5. The maximum absolute atomic E-state index is 10.1. The zero-order valence-electron chi connectivity index (χ0n) is 10.4. The SMILES string of the molecule is OC[C@H]1O[C@H](c2c(Cl)c(Cl)cc3nc(Cl)cn23)[C@H](O)[C@@H]1O. The predicted molar refractivity (Wildman–Crippen MR) is 76.9 cm³/mol. The first-order chi connectivity index (χ1) is 9.93. The minimum atomic E-state index is -1.26. The molecule has 0 bridgehead atoms. The second kappa shape index (κ2) is 5.55. The van der Waals surface area contributed by atoms with E-state index in [0.717, 1.165) is 0 Å². The summed E-state index contributed by atoms with van der Waals surface area (Å²) in [6, 6.07) is 1.53. The molecule has 0 amide bonds. The highest BCUT2D eigenvalue weighted by molar-refractivity contribution is 6.42. The number of ether oxygens (including phenoxy) is 1. The first kappa shape index (κ1) is 15.3. The molecule has 1 fully saturated rings. The molecule has 1 aliphatic rings. The Morgan fingerprint density at radius 1 is 1.24 bits per heavy atom. The van der Waals surface area contributed by atoms with Gasteiger partial charge in [-0.15, -0.1) is 0 Å². The third kappa shape index (κ3) is 2.41. The topological polar surface area (TPSA) is 87.2 Å². The van der Waals surface area contributed by atoms with E-state index in [2.05, 4.69) is 4.98 Å². The Morgan fingerprint density at radius 2 is 1.95 bits per heavy atom. The van der Waals surface area contributed by atoms with Gasteiger partial charge in [0, 0.05) is 12.3 Å². The molecule has 0 unspecified atom stereocenters. The average molecular weight is 354 g/mol. The lowest BCUT2D eigenvalue weighted by atomic mass is 10.1. The molecule has 21 heavy (non-hydrogen) atoms. The number of hydrogen-bond acceptors (Lipinski definition) is 5. The monoisotopic (exact) mass is 352 g/mol. The summed E-state index contributed by atoms with van der Waals surface area (Å²) >= 11 is 18.1. The summed E-state index contributed by atoms with van der Waals surface area (Å²) in [5, 5.41) is 29.8. The van der Waals surface area contributed by atoms with Crippen LogP contribution in [0.4, 0.5) is 0 Å². The van der Waals surface area contributed by atoms with E-state index in [1.54, 1.807) is 0 Å². The quantitative estimate of drug-likeness (QED) is 0.761. The van der Waals surface area contributed by atoms with Gasteiger partial charge in [-0.25, -0.2) is 4.98 Å². The summed E-state index contributed by atoms with van der Waals surface area (Å²) in [4.78, 5) is 4.07. The van der Waals surface area contributed by atoms with Crippen LogP contribution < -0.4 is 0 Å². The standard InChI is InChI=1S/C12H11Cl3N2O4/c13-4-1-7-16-6(14)2-17(7)9(8(4)15)12-11(20)10(19)5(3-18)21-12/h1-2,5,10-12,18-20H,3H2/t5-,10-,11-,12-/m1/s1. The largest absolute Gasteiger partial charge is 0.394 e. The van der Waals surface area contributed by atoms with Crippen LogP contribution in [0.3, 0.4) is 0 Å². The van der Waals surface area contributed by atoms with Crippen LogP contribution in [-0.4, -0.2) is 49.6 Å². The molecule has 0 aliphatic carbocycles. The minimum absolute atomic E-state index is 0.160. The highest BCUT2D eigenvalue weighted by Crippen LogP contribution is 2.40. The molecule has 9 heteroatoms. The van der Waals surface area contributed by atoms with Crippen LogP contribution in [0.25, 0.3) is 5.65 Å². The Balaban J connectivity index is 2.18. The Hall–Kier alpha value is -0.600. The van der Waals surface area contributed by atoms with Crippen LogP contribution in [0.2, 0.25) is 15.2 Å². The molecule has 0 spiro atoms. The van der Waals surface area contributed by atoms with Gasteiger partial charge in [0.15, 0.2) is 0 Å². The molecule has 6 nitrogen and oxygen atoms in total. The summed E-state index contributed by atoms with van der Waals surface area (Å²) in [5.74, 6) is 0. The van der Waals surface area contributed by atoms with Crippen LogP contribution in [0, 0.1) is 0 Å². The Kier molecular flexibility index (Phi) is 4.04. The zero-order valence-corrected chi connectivity index (χ0v) is 12.7. The molecule has 3 rings (SSSR count). The van der Waals surface area contributed by atoms with Crippen molar-refractivity contribution in [3.05, 3.63) is 33.2 Å². The number of rotatable bonds is 2. The van der Waals surface area contributed by atoms with Gasteiger partial charge >= 0.3 is 0 Å². The summed E-state index contributed by atoms with van der Waals surface area (Å²) in [6.07, 6.45) is -2.86. The lowest BCUT2D eigenvalue weighted by molar-refractivity contribution is -0.0242. The molecule has 3 heterocycles. The van der Waals surface area contributed by atoms with Crippen molar-refractivity contribution in [2.24, 2.45) is 0 Å². The fourth-order valence-electron chi connectivity index (χ4n) is 2.45. The summed E-state index contributed by atoms with van der Waals surface area (Å²) in [5.41, 5.74) is 0.753. The number of imidazole rings is 1. The van der Waals surface area contributed by atoms with Gasteiger partial charge in [0.25, 0.3) is 0 Å². The summed E-state index contributed by atoms with van der Waals surface area (Å²) in [6.45, 7) is -0.430. The number of aliphatic hydroxyl groups is 3. The summed E-state index contributed by atoms with van der Waals surface area (Å²) in [7, 11) is 0. The lowest BCUT2D eigenvalue weighted by Crippen LogP contribution is -2.32. The Labute approximate surface area is 134 Å². The van der Waals surface area contributed by atoms with Crippen LogP contribution in [0.15, 0.2) is 12.3 Å². The number of aliphatic hydroxyl groups excluding tert-OH is 3. The van der Waals surface area contributed by atoms with E-state index in [4.69, 9.17) is 44.6 Å². The molecule has 2 aromatic heterocycles. The van der Waals surface area contributed by atoms with E-state index in [1.165, 1.54) is 16.7 Å². The van der Waals surface area contributed by atoms with Crippen molar-refractivity contribution in [2.75, 3.05) is 6.61 Å². The molecule has 3 N–H and O–H groups in total. The van der Waals surface area contributed by atoms with Gasteiger partial charge < -0.3 is 20.1 Å². The van der Waals surface area contributed by atoms with E-state index >= 15 is 0 Å². The van der Waals surface area contributed by atoms with Crippen molar-refractivity contribution in [1.29, 1.82) is 0 Å². The van der Waals surface area contributed by atoms with E-state index in [0.29, 0.717) is 11.3 Å². The third-order valence-electron chi connectivity index (χ3n) is 3.47. The second-order valence-electron chi connectivity index (χ2n) is 4.74. The number of pyridine rings is 1. The summed E-state index contributed by atoms with van der Waals surface area (Å²) < 4.78 is 7.03. The molecular weight excluding hydrogens is 343 g/mol. The number of fused-ring (bicyclic) bond motifs is 1. The predicted octanol–water partition coefficient (Wildman–Crippen LogP) is 1.45. The zero-order chi connectivity index (χ0) is 15.3. The number of hydrogen-bond donors (Lipinski definition) is 3. The average Bonchev–Trinajstić information content (AvgIpc) is 2.93. The van der Waals surface area contributed by atoms with Crippen LogP contribution in [-0.2, 0) is 4.74 Å². The normalized spacial score (nSPS) is 29.4. The fraction of sp³-hybridized carbons (Fsp3) is 0.417. The van der Waals surface area contributed by atoms with Crippen LogP contribution >= 0.6 is 34.8 Å². The molecule has 114 valence electrons. The lowest BCUT2D eigenvalue weighted by Gasteiger charge is -2.18. The molecule has 0 radical (unpaired) electrons. The molecule has 1 aliphatic heterocycles. The second-order valence-corrected chi connectivity index (χ2v) is 5.91. The van der Waals surface area contributed by atoms with Gasteiger partial charge in [-0.2, -0.15) is 0 Å². The van der Waals surface area contributed by atoms with E-state index in [-0.39, 0.29) is 15.2 Å². The number of halogens is 3. The van der Waals surface area contributed by atoms with Crippen molar-refractivity contribution < 1.29 is 20.1 Å². The molecule has 4 atom stereocenters. The van der Waals surface area contributed by atoms with Crippen molar-refractivity contribution in [1.82, 2.24) is 9.38 Å². The van der Waals surface area contributed by atoms with Crippen LogP contribution in [0.5, 0.6) is 0 Å². The van der Waals surface area contributed by atoms with Gasteiger partial charge in [0.2, 0.25) is 0 Å². The smallest absolute Gasteiger partial charge is 0.148 e. The molecule has 0 aromatic carbocycles. The highest BCUT2D eigenvalue weighted by Gasteiger charge is 2.45. The van der Waals surface area contributed by atoms with Crippen molar-refractivity contribution in [3.8, 4) is 0 Å². The van der Waals surface area contributed by atoms with Gasteiger partial charge in [0.05, 0.1) is 22.3 Å². The van der Waals surface area contributed by atoms with Crippen LogP contribution in [0.1, 0.15) is 11.8 Å². The molecule has 0 saturated carbocycles. The maximum atomic E-state index is 10.1. The Morgan fingerprint density at radius 3 is 2.57 bits per heavy atom. The van der Waals surface area contributed by atoms with Gasteiger partial charge in [-0.05, 0) is 0 Å². The fourth-order valence-corrected chi connectivity index (χ4v) is 3.08. The maximum Gasteiger partial charge on any atom is 0.148 e. The molecule has 2 aromatic rings. The van der Waals surface area contributed by atoms with E-state index in [9.17, 15) is 10.2 Å². The number of aromatic nitrogens is 2. The van der Waals surface area contributed by atoms with Gasteiger partial charge in [-0.3, -0.25) is 4.40 Å². The number of nitrogens with zero attached hydrogens (tertiary/aromatic N) is 2. The van der Waals surface area contributed by atoms with Crippen molar-refractivity contribution in [3.63, 3.8) is 0 Å². The van der Waals surface area contributed by atoms with Crippen molar-refractivity contribution in [2.45, 2.75) is 24.4 Å². The van der Waals surface area contributed by atoms with Gasteiger partial charge in [0.1, 0.15) is 35.2 Å². The first-order valence-electron chi connectivity index (χ1n) is 6.09. The van der Waals surface area contributed by atoms with Crippen molar-refractivity contribution >= 4 is 40.4 Å². The minimum Gasteiger partial charge on any atom is -0.394 e. The third-order valence-corrected chi connectivity index (χ3v) is 4.44. The van der Waals surface area contributed by atoms with Gasteiger partial charge in [-0.1, -0.05) is 34.8 Å².